The van der Waals surface area contributed by atoms with E-state index in [1.54, 1.807) is 19.2 Å². The third kappa shape index (κ3) is 4.18. The van der Waals surface area contributed by atoms with Crippen molar-refractivity contribution in [3.8, 4) is 5.69 Å². The Morgan fingerprint density at radius 2 is 2.00 bits per heavy atom. The van der Waals surface area contributed by atoms with Crippen LogP contribution in [0.2, 0.25) is 5.02 Å². The van der Waals surface area contributed by atoms with E-state index in [0.717, 1.165) is 0 Å². The van der Waals surface area contributed by atoms with E-state index in [9.17, 15) is 18.7 Å². The molecule has 0 aliphatic heterocycles. The summed E-state index contributed by atoms with van der Waals surface area (Å²) in [6.07, 6.45) is 5.61. The number of pyridine rings is 2. The fraction of sp³-hybridized carbons (Fsp3) is 0.292. The van der Waals surface area contributed by atoms with Crippen LogP contribution in [0.1, 0.15) is 18.4 Å². The summed E-state index contributed by atoms with van der Waals surface area (Å²) in [6.45, 7) is -0.262. The predicted octanol–water partition coefficient (Wildman–Crippen LogP) is 3.51. The van der Waals surface area contributed by atoms with Gasteiger partial charge in [-0.15, -0.1) is 0 Å². The van der Waals surface area contributed by atoms with E-state index in [4.69, 9.17) is 16.3 Å². The van der Waals surface area contributed by atoms with E-state index in [1.807, 2.05) is 0 Å². The Hall–Kier alpha value is -3.34. The summed E-state index contributed by atoms with van der Waals surface area (Å²) in [6, 6.07) is 6.91. The van der Waals surface area contributed by atoms with Gasteiger partial charge < -0.3 is 15.2 Å². The van der Waals surface area contributed by atoms with Gasteiger partial charge in [-0.2, -0.15) is 5.10 Å². The van der Waals surface area contributed by atoms with Gasteiger partial charge in [-0.05, 0) is 31.0 Å². The zero-order chi connectivity index (χ0) is 24.7. The van der Waals surface area contributed by atoms with E-state index >= 15 is 0 Å². The molecule has 0 spiro atoms. The van der Waals surface area contributed by atoms with Crippen molar-refractivity contribution in [1.29, 1.82) is 0 Å². The van der Waals surface area contributed by atoms with Gasteiger partial charge in [0, 0.05) is 24.9 Å². The van der Waals surface area contributed by atoms with Crippen molar-refractivity contribution in [2.75, 3.05) is 19.0 Å². The van der Waals surface area contributed by atoms with Crippen molar-refractivity contribution in [2.24, 2.45) is 0 Å². The third-order valence-electron chi connectivity index (χ3n) is 6.44. The molecule has 0 saturated heterocycles. The van der Waals surface area contributed by atoms with Crippen LogP contribution >= 0.6 is 11.6 Å². The van der Waals surface area contributed by atoms with Crippen molar-refractivity contribution in [3.05, 3.63) is 81.5 Å². The zero-order valence-electron chi connectivity index (χ0n) is 18.7. The molecule has 1 saturated carbocycles. The standard InChI is InChI=1S/C24H22ClF2N5O3/c1-35-14-8-24(9-14,13-33)30-22-7-21(17(25)11-28-22)31-6-5-20-15(23(31)34)10-29-32(20)12-16-18(26)3-2-4-19(16)27/h2-7,10-11,14,33H,8-9,12-13H2,1H3,(H,28,30). The summed E-state index contributed by atoms with van der Waals surface area (Å²) in [7, 11) is 1.63. The smallest absolute Gasteiger partial charge is 0.266 e. The minimum atomic E-state index is -0.686. The number of rotatable bonds is 7. The Kier molecular flexibility index (Phi) is 6.04. The molecular formula is C24H22ClF2N5O3. The molecule has 0 atom stereocenters. The van der Waals surface area contributed by atoms with Gasteiger partial charge in [-0.1, -0.05) is 17.7 Å². The molecule has 1 aliphatic carbocycles. The number of hydrogen-bond acceptors (Lipinski definition) is 6. The van der Waals surface area contributed by atoms with Gasteiger partial charge in [-0.25, -0.2) is 13.8 Å². The molecule has 3 aromatic heterocycles. The number of aliphatic hydroxyl groups is 1. The number of nitrogens with zero attached hydrogens (tertiary/aromatic N) is 4. The van der Waals surface area contributed by atoms with Gasteiger partial charge in [-0.3, -0.25) is 14.0 Å². The zero-order valence-corrected chi connectivity index (χ0v) is 19.5. The molecule has 0 radical (unpaired) electrons. The summed E-state index contributed by atoms with van der Waals surface area (Å²) < 4.78 is 36.3. The first-order valence-corrected chi connectivity index (χ1v) is 11.3. The lowest BCUT2D eigenvalue weighted by Gasteiger charge is -2.46. The maximum Gasteiger partial charge on any atom is 0.266 e. The number of halogens is 3. The fourth-order valence-electron chi connectivity index (χ4n) is 4.43. The van der Waals surface area contributed by atoms with Crippen LogP contribution in [0.15, 0.2) is 53.7 Å². The average molecular weight is 502 g/mol. The lowest BCUT2D eigenvalue weighted by Crippen LogP contribution is -2.56. The molecule has 11 heteroatoms. The van der Waals surface area contributed by atoms with Crippen LogP contribution in [0.5, 0.6) is 0 Å². The Morgan fingerprint density at radius 3 is 2.69 bits per heavy atom. The van der Waals surface area contributed by atoms with Crippen LogP contribution in [0.3, 0.4) is 0 Å². The number of nitrogens with one attached hydrogen (secondary N) is 1. The highest BCUT2D eigenvalue weighted by atomic mass is 35.5. The molecule has 0 bridgehead atoms. The Morgan fingerprint density at radius 1 is 1.26 bits per heavy atom. The number of methoxy groups -OCH3 is 1. The van der Waals surface area contributed by atoms with Crippen LogP contribution in [0.4, 0.5) is 14.6 Å². The normalized spacial score (nSPS) is 19.6. The molecule has 3 heterocycles. The summed E-state index contributed by atoms with van der Waals surface area (Å²) in [5, 5.41) is 17.8. The first kappa shape index (κ1) is 23.4. The maximum atomic E-state index is 14.1. The number of aromatic nitrogens is 4. The van der Waals surface area contributed by atoms with Gasteiger partial charge in [0.25, 0.3) is 5.56 Å². The number of hydrogen-bond donors (Lipinski definition) is 2. The molecule has 182 valence electrons. The van der Waals surface area contributed by atoms with Crippen molar-refractivity contribution in [1.82, 2.24) is 19.3 Å². The van der Waals surface area contributed by atoms with Crippen molar-refractivity contribution in [2.45, 2.75) is 31.0 Å². The van der Waals surface area contributed by atoms with E-state index in [2.05, 4.69) is 15.4 Å². The molecular weight excluding hydrogens is 480 g/mol. The molecule has 8 nitrogen and oxygen atoms in total. The first-order valence-electron chi connectivity index (χ1n) is 10.9. The maximum absolute atomic E-state index is 14.1. The highest BCUT2D eigenvalue weighted by Gasteiger charge is 2.44. The van der Waals surface area contributed by atoms with Crippen molar-refractivity contribution < 1.29 is 18.6 Å². The monoisotopic (exact) mass is 501 g/mol. The molecule has 5 rings (SSSR count). The summed E-state index contributed by atoms with van der Waals surface area (Å²) in [5.74, 6) is -0.922. The van der Waals surface area contributed by atoms with Gasteiger partial charge >= 0.3 is 0 Å². The third-order valence-corrected chi connectivity index (χ3v) is 6.73. The minimum absolute atomic E-state index is 0.0563. The van der Waals surface area contributed by atoms with Crippen molar-refractivity contribution >= 4 is 28.3 Å². The van der Waals surface area contributed by atoms with E-state index in [1.165, 1.54) is 46.0 Å². The second kappa shape index (κ2) is 9.03. The largest absolute Gasteiger partial charge is 0.394 e. The topological polar surface area (TPSA) is 94.2 Å². The SMILES string of the molecule is COC1CC(CO)(Nc2cc(-n3ccc4c(cnn4Cc4c(F)cccc4F)c3=O)c(Cl)cn2)C1. The van der Waals surface area contributed by atoms with Crippen LogP contribution in [0, 0.1) is 11.6 Å². The number of aliphatic hydroxyl groups excluding tert-OH is 1. The molecule has 1 fully saturated rings. The number of anilines is 1. The number of benzene rings is 1. The van der Waals surface area contributed by atoms with Gasteiger partial charge in [0.05, 0.1) is 58.8 Å². The second-order valence-corrected chi connectivity index (χ2v) is 9.05. The Labute approximate surface area is 203 Å². The highest BCUT2D eigenvalue weighted by Crippen LogP contribution is 2.37. The highest BCUT2D eigenvalue weighted by molar-refractivity contribution is 6.32. The van der Waals surface area contributed by atoms with Crippen molar-refractivity contribution in [3.63, 3.8) is 0 Å². The van der Waals surface area contributed by atoms with Crippen LogP contribution in [0.25, 0.3) is 16.6 Å². The molecule has 2 N–H and O–H groups in total. The lowest BCUT2D eigenvalue weighted by molar-refractivity contribution is -0.0258. The summed E-state index contributed by atoms with van der Waals surface area (Å²) >= 11 is 6.38. The molecule has 0 amide bonds. The van der Waals surface area contributed by atoms with Gasteiger partial charge in [0.1, 0.15) is 17.5 Å². The Balaban J connectivity index is 1.48. The summed E-state index contributed by atoms with van der Waals surface area (Å²) in [4.78, 5) is 17.6. The second-order valence-electron chi connectivity index (χ2n) is 8.64. The van der Waals surface area contributed by atoms with Crippen LogP contribution in [-0.4, -0.2) is 49.8 Å². The molecule has 0 unspecified atom stereocenters. The molecule has 1 aromatic carbocycles. The number of ether oxygens (including phenoxy) is 1. The van der Waals surface area contributed by atoms with E-state index in [-0.39, 0.29) is 35.2 Å². The van der Waals surface area contributed by atoms with Gasteiger partial charge in [0.2, 0.25) is 0 Å². The van der Waals surface area contributed by atoms with E-state index in [0.29, 0.717) is 29.9 Å². The minimum Gasteiger partial charge on any atom is -0.394 e. The fourth-order valence-corrected chi connectivity index (χ4v) is 4.62. The molecule has 4 aromatic rings. The number of fused-ring (bicyclic) bond motifs is 1. The van der Waals surface area contributed by atoms with Crippen LogP contribution < -0.4 is 10.9 Å². The van der Waals surface area contributed by atoms with E-state index < -0.39 is 22.7 Å². The molecule has 1 aliphatic rings. The quantitative estimate of drug-likeness (QED) is 0.402. The predicted molar refractivity (Wildman–Crippen MR) is 127 cm³/mol. The van der Waals surface area contributed by atoms with Crippen LogP contribution in [-0.2, 0) is 11.3 Å². The summed E-state index contributed by atoms with van der Waals surface area (Å²) in [5.41, 5.74) is -0.283. The lowest BCUT2D eigenvalue weighted by atomic mass is 9.74. The average Bonchev–Trinajstić information content (AvgIpc) is 3.24. The first-order chi connectivity index (χ1) is 16.8. The van der Waals surface area contributed by atoms with Gasteiger partial charge in [0.15, 0.2) is 0 Å². The molecule has 35 heavy (non-hydrogen) atoms. The Bertz CT molecular complexity index is 1450.